The number of pyridine rings is 1. The average Bonchev–Trinajstić information content (AvgIpc) is 2.95. The van der Waals surface area contributed by atoms with E-state index in [2.05, 4.69) is 20.2 Å². The molecule has 12 heteroatoms. The van der Waals surface area contributed by atoms with Gasteiger partial charge in [-0.1, -0.05) is 12.1 Å². The van der Waals surface area contributed by atoms with E-state index < -0.39 is 11.7 Å². The summed E-state index contributed by atoms with van der Waals surface area (Å²) in [5.41, 5.74) is 5.96. The lowest BCUT2D eigenvalue weighted by atomic mass is 9.78. The Morgan fingerprint density at radius 1 is 1.07 bits per heavy atom. The van der Waals surface area contributed by atoms with Gasteiger partial charge in [0.15, 0.2) is 0 Å². The minimum atomic E-state index is -0.610. The molecule has 2 fully saturated rings. The Balaban J connectivity index is 1.02. The van der Waals surface area contributed by atoms with Crippen LogP contribution < -0.4 is 19.9 Å². The van der Waals surface area contributed by atoms with Crippen molar-refractivity contribution >= 4 is 35.0 Å². The van der Waals surface area contributed by atoms with E-state index in [1.165, 1.54) is 0 Å². The molecular formula is C33H39N7O5. The van der Waals surface area contributed by atoms with Crippen LogP contribution in [0.25, 0.3) is 0 Å². The Hall–Kier alpha value is -4.45. The first-order valence-electron chi connectivity index (χ1n) is 15.5. The molecule has 12 nitrogen and oxygen atoms in total. The van der Waals surface area contributed by atoms with Crippen LogP contribution in [0.2, 0.25) is 0 Å². The van der Waals surface area contributed by atoms with E-state index in [1.807, 2.05) is 69.3 Å². The number of ether oxygens (including phenoxy) is 3. The first-order valence-corrected chi connectivity index (χ1v) is 15.5. The number of aromatic nitrogens is 3. The van der Waals surface area contributed by atoms with Crippen LogP contribution in [0.15, 0.2) is 36.7 Å². The maximum absolute atomic E-state index is 13.1. The highest BCUT2D eigenvalue weighted by molar-refractivity contribution is 5.92. The lowest BCUT2D eigenvalue weighted by Gasteiger charge is -2.55. The molecule has 6 heterocycles. The third kappa shape index (κ3) is 5.86. The highest BCUT2D eigenvalue weighted by atomic mass is 16.6. The normalized spacial score (nSPS) is 18.3. The van der Waals surface area contributed by atoms with Crippen molar-refractivity contribution in [2.75, 3.05) is 61.1 Å². The second kappa shape index (κ2) is 11.2. The van der Waals surface area contributed by atoms with E-state index in [9.17, 15) is 9.59 Å². The molecule has 3 aromatic rings. The lowest BCUT2D eigenvalue weighted by molar-refractivity contribution is -0.194. The Morgan fingerprint density at radius 2 is 1.84 bits per heavy atom. The molecule has 0 saturated carbocycles. The van der Waals surface area contributed by atoms with Gasteiger partial charge >= 0.3 is 6.09 Å². The molecule has 1 aromatic carbocycles. The van der Waals surface area contributed by atoms with Crippen LogP contribution in [0.1, 0.15) is 43.2 Å². The highest BCUT2D eigenvalue weighted by Gasteiger charge is 2.50. The summed E-state index contributed by atoms with van der Waals surface area (Å²) in [6, 6.07) is 7.85. The summed E-state index contributed by atoms with van der Waals surface area (Å²) in [5.74, 6) is 1.11. The van der Waals surface area contributed by atoms with Gasteiger partial charge in [0.1, 0.15) is 17.9 Å². The molecule has 236 valence electrons. The van der Waals surface area contributed by atoms with Gasteiger partial charge in [-0.15, -0.1) is 0 Å². The van der Waals surface area contributed by atoms with Gasteiger partial charge in [0.05, 0.1) is 55.7 Å². The molecule has 4 aliphatic rings. The van der Waals surface area contributed by atoms with Gasteiger partial charge in [-0.3, -0.25) is 9.69 Å². The van der Waals surface area contributed by atoms with Crippen LogP contribution >= 0.6 is 0 Å². The molecule has 2 saturated heterocycles. The van der Waals surface area contributed by atoms with Gasteiger partial charge in [0.25, 0.3) is 0 Å². The molecule has 0 atom stereocenters. The van der Waals surface area contributed by atoms with Crippen molar-refractivity contribution < 1.29 is 23.8 Å². The predicted octanol–water partition coefficient (Wildman–Crippen LogP) is 4.02. The fraction of sp³-hybridized carbons (Fsp3) is 0.485. The molecule has 4 aliphatic heterocycles. The number of nitrogens with one attached hydrogen (secondary N) is 1. The van der Waals surface area contributed by atoms with Crippen molar-refractivity contribution in [3.63, 3.8) is 0 Å². The SMILES string of the molecule is Cc1c(N2CCc3cnc(Nc4ccc(CC(=O)N5CC6(COC6)C5)cc4)nc3C2)cnc2c1N(C(=O)OC(C)(C)C)CCO2. The zero-order valence-corrected chi connectivity index (χ0v) is 26.3. The smallest absolute Gasteiger partial charge is 0.415 e. The number of rotatable bonds is 5. The Morgan fingerprint density at radius 3 is 2.56 bits per heavy atom. The molecule has 0 aliphatic carbocycles. The third-order valence-corrected chi connectivity index (χ3v) is 8.76. The summed E-state index contributed by atoms with van der Waals surface area (Å²) >= 11 is 0. The predicted molar refractivity (Wildman–Crippen MR) is 168 cm³/mol. The molecule has 2 amide bonds. The summed E-state index contributed by atoms with van der Waals surface area (Å²) in [7, 11) is 0. The van der Waals surface area contributed by atoms with Crippen LogP contribution in [0.4, 0.5) is 27.8 Å². The number of anilines is 4. The van der Waals surface area contributed by atoms with Gasteiger partial charge in [0, 0.05) is 37.1 Å². The first-order chi connectivity index (χ1) is 21.6. The number of nitrogens with zero attached hydrogens (tertiary/aromatic N) is 6. The van der Waals surface area contributed by atoms with Gasteiger partial charge < -0.3 is 29.3 Å². The molecule has 2 aromatic heterocycles. The van der Waals surface area contributed by atoms with Crippen molar-refractivity contribution in [3.8, 4) is 5.88 Å². The van der Waals surface area contributed by atoms with Gasteiger partial charge in [-0.2, -0.15) is 0 Å². The summed E-state index contributed by atoms with van der Waals surface area (Å²) in [6.07, 6.45) is 4.46. The first kappa shape index (κ1) is 29.3. The Labute approximate surface area is 262 Å². The number of fused-ring (bicyclic) bond motifs is 2. The van der Waals surface area contributed by atoms with E-state index in [1.54, 1.807) is 4.90 Å². The average molecular weight is 614 g/mol. The van der Waals surface area contributed by atoms with E-state index in [-0.39, 0.29) is 11.3 Å². The minimum absolute atomic E-state index is 0.158. The second-order valence-electron chi connectivity index (χ2n) is 13.5. The molecule has 0 unspecified atom stereocenters. The number of hydrogen-bond donors (Lipinski definition) is 1. The maximum atomic E-state index is 13.1. The van der Waals surface area contributed by atoms with Gasteiger partial charge in [0.2, 0.25) is 17.7 Å². The monoisotopic (exact) mass is 613 g/mol. The van der Waals surface area contributed by atoms with Crippen LogP contribution in [0, 0.1) is 12.3 Å². The minimum Gasteiger partial charge on any atom is -0.474 e. The zero-order valence-electron chi connectivity index (χ0n) is 26.3. The zero-order chi connectivity index (χ0) is 31.3. The fourth-order valence-electron chi connectivity index (χ4n) is 6.35. The Kier molecular flexibility index (Phi) is 7.26. The summed E-state index contributed by atoms with van der Waals surface area (Å²) in [5, 5.41) is 3.31. The molecule has 1 spiro atoms. The van der Waals surface area contributed by atoms with Crippen molar-refractivity contribution in [2.45, 2.75) is 52.7 Å². The van der Waals surface area contributed by atoms with E-state index in [0.29, 0.717) is 43.6 Å². The van der Waals surface area contributed by atoms with E-state index in [0.717, 1.165) is 73.0 Å². The molecule has 0 bridgehead atoms. The van der Waals surface area contributed by atoms with Crippen LogP contribution in [0.3, 0.4) is 0 Å². The summed E-state index contributed by atoms with van der Waals surface area (Å²) in [6.45, 7) is 12.8. The standard InChI is InChI=1S/C33H39N7O5/c1-21-26(15-34-29-28(21)40(11-12-44-29)31(42)45-32(2,3)4)38-10-9-23-14-35-30(37-25(23)16-38)36-24-7-5-22(6-8-24)13-27(41)39-17-33(18-39)19-43-20-33/h5-8,14-15H,9-13,16-20H2,1-4H3,(H,35,36,37). The molecule has 45 heavy (non-hydrogen) atoms. The van der Waals surface area contributed by atoms with Crippen molar-refractivity contribution in [3.05, 3.63) is 59.0 Å². The van der Waals surface area contributed by atoms with E-state index >= 15 is 0 Å². The lowest BCUT2D eigenvalue weighted by Crippen LogP contribution is -2.67. The van der Waals surface area contributed by atoms with Crippen LogP contribution in [-0.2, 0) is 33.7 Å². The van der Waals surface area contributed by atoms with Crippen molar-refractivity contribution in [1.29, 1.82) is 0 Å². The van der Waals surface area contributed by atoms with Crippen molar-refractivity contribution in [1.82, 2.24) is 19.9 Å². The topological polar surface area (TPSA) is 122 Å². The molecule has 0 radical (unpaired) electrons. The highest BCUT2D eigenvalue weighted by Crippen LogP contribution is 2.40. The molecule has 7 rings (SSSR count). The van der Waals surface area contributed by atoms with Crippen LogP contribution in [0.5, 0.6) is 5.88 Å². The largest absolute Gasteiger partial charge is 0.474 e. The number of hydrogen-bond acceptors (Lipinski definition) is 10. The van der Waals surface area contributed by atoms with Gasteiger partial charge in [-0.05, 0) is 57.4 Å². The number of carbonyl (C=O) groups is 2. The van der Waals surface area contributed by atoms with Crippen molar-refractivity contribution in [2.24, 2.45) is 5.41 Å². The summed E-state index contributed by atoms with van der Waals surface area (Å²) < 4.78 is 16.8. The number of benzene rings is 1. The Bertz CT molecular complexity index is 1630. The quantitative estimate of drug-likeness (QED) is 0.452. The van der Waals surface area contributed by atoms with Crippen LogP contribution in [-0.4, -0.2) is 83.5 Å². The number of carbonyl (C=O) groups excluding carboxylic acids is 2. The summed E-state index contributed by atoms with van der Waals surface area (Å²) in [4.78, 5) is 45.5. The van der Waals surface area contributed by atoms with E-state index in [4.69, 9.17) is 19.2 Å². The molecule has 1 N–H and O–H groups in total. The molecular weight excluding hydrogens is 574 g/mol. The van der Waals surface area contributed by atoms with Gasteiger partial charge in [-0.25, -0.2) is 19.7 Å². The fourth-order valence-corrected chi connectivity index (χ4v) is 6.35. The third-order valence-electron chi connectivity index (χ3n) is 8.76. The number of amides is 2. The number of likely N-dealkylation sites (tertiary alicyclic amines) is 1. The maximum Gasteiger partial charge on any atom is 0.415 e. The second-order valence-corrected chi connectivity index (χ2v) is 13.5.